The van der Waals surface area contributed by atoms with Crippen molar-refractivity contribution in [2.24, 2.45) is 0 Å². The van der Waals surface area contributed by atoms with E-state index in [2.05, 4.69) is 6.07 Å². The van der Waals surface area contributed by atoms with Crippen LogP contribution < -0.4 is 0 Å². The SMILES string of the molecule is O=C1OCc2c1c1oc3ccccc3n1c2-c1cccs1. The van der Waals surface area contributed by atoms with E-state index in [0.717, 1.165) is 27.2 Å². The van der Waals surface area contributed by atoms with E-state index in [1.54, 1.807) is 11.3 Å². The first-order chi connectivity index (χ1) is 10.3. The first-order valence-electron chi connectivity index (χ1n) is 6.60. The van der Waals surface area contributed by atoms with Crippen LogP contribution in [-0.2, 0) is 11.3 Å². The van der Waals surface area contributed by atoms with Gasteiger partial charge >= 0.3 is 5.97 Å². The molecular formula is C16H9NO3S. The van der Waals surface area contributed by atoms with Gasteiger partial charge in [-0.05, 0) is 23.6 Å². The van der Waals surface area contributed by atoms with E-state index >= 15 is 0 Å². The number of fused-ring (bicyclic) bond motifs is 5. The van der Waals surface area contributed by atoms with Gasteiger partial charge < -0.3 is 9.15 Å². The molecule has 0 radical (unpaired) electrons. The minimum Gasteiger partial charge on any atom is -0.457 e. The van der Waals surface area contributed by atoms with Crippen molar-refractivity contribution in [2.75, 3.05) is 0 Å². The van der Waals surface area contributed by atoms with Crippen LogP contribution >= 0.6 is 11.3 Å². The molecule has 1 aliphatic heterocycles. The fourth-order valence-electron chi connectivity index (χ4n) is 2.99. The van der Waals surface area contributed by atoms with E-state index in [-0.39, 0.29) is 5.97 Å². The second kappa shape index (κ2) is 3.77. The van der Waals surface area contributed by atoms with Crippen LogP contribution in [0.5, 0.6) is 0 Å². The molecule has 21 heavy (non-hydrogen) atoms. The molecular weight excluding hydrogens is 286 g/mol. The number of nitrogens with zero attached hydrogens (tertiary/aromatic N) is 1. The zero-order valence-electron chi connectivity index (χ0n) is 10.8. The van der Waals surface area contributed by atoms with Crippen LogP contribution in [-0.4, -0.2) is 10.4 Å². The third kappa shape index (κ3) is 1.31. The van der Waals surface area contributed by atoms with E-state index < -0.39 is 0 Å². The van der Waals surface area contributed by atoms with Gasteiger partial charge in [-0.1, -0.05) is 18.2 Å². The zero-order chi connectivity index (χ0) is 14.0. The lowest BCUT2D eigenvalue weighted by Crippen LogP contribution is -1.94. The number of benzene rings is 1. The number of cyclic esters (lactones) is 1. The molecule has 3 aromatic heterocycles. The summed E-state index contributed by atoms with van der Waals surface area (Å²) < 4.78 is 13.1. The summed E-state index contributed by atoms with van der Waals surface area (Å²) in [5, 5.41) is 2.03. The Balaban J connectivity index is 2.04. The molecule has 0 fully saturated rings. The molecule has 1 aliphatic rings. The zero-order valence-corrected chi connectivity index (χ0v) is 11.6. The third-order valence-electron chi connectivity index (χ3n) is 3.85. The smallest absolute Gasteiger partial charge is 0.344 e. The highest BCUT2D eigenvalue weighted by Gasteiger charge is 2.34. The van der Waals surface area contributed by atoms with Crippen molar-refractivity contribution in [3.05, 3.63) is 52.9 Å². The van der Waals surface area contributed by atoms with E-state index in [1.807, 2.05) is 40.1 Å². The van der Waals surface area contributed by atoms with Crippen LogP contribution in [0.25, 0.3) is 27.4 Å². The number of hydrogen-bond acceptors (Lipinski definition) is 4. The Hall–Kier alpha value is -2.53. The number of hydrogen-bond donors (Lipinski definition) is 0. The summed E-state index contributed by atoms with van der Waals surface area (Å²) in [6.07, 6.45) is 0. The van der Waals surface area contributed by atoms with E-state index in [4.69, 9.17) is 9.15 Å². The maximum Gasteiger partial charge on any atom is 0.344 e. The number of rotatable bonds is 1. The lowest BCUT2D eigenvalue weighted by atomic mass is 10.1. The average Bonchev–Trinajstić information content (AvgIpc) is 3.22. The number of esters is 1. The fourth-order valence-corrected chi connectivity index (χ4v) is 3.77. The van der Waals surface area contributed by atoms with Crippen molar-refractivity contribution in [2.45, 2.75) is 6.61 Å². The molecule has 0 unspecified atom stereocenters. The number of para-hydroxylation sites is 2. The topological polar surface area (TPSA) is 43.8 Å². The third-order valence-corrected chi connectivity index (χ3v) is 4.72. The fraction of sp³-hybridized carbons (Fsp3) is 0.0625. The molecule has 0 spiro atoms. The molecule has 5 rings (SSSR count). The number of aromatic nitrogens is 1. The van der Waals surface area contributed by atoms with Crippen molar-refractivity contribution in [3.63, 3.8) is 0 Å². The van der Waals surface area contributed by atoms with Crippen molar-refractivity contribution >= 4 is 34.1 Å². The normalized spacial score (nSPS) is 14.0. The maximum absolute atomic E-state index is 12.0. The molecule has 0 saturated heterocycles. The Morgan fingerprint density at radius 2 is 2.05 bits per heavy atom. The molecule has 0 aliphatic carbocycles. The summed E-state index contributed by atoms with van der Waals surface area (Å²) in [5.41, 5.74) is 4.82. The van der Waals surface area contributed by atoms with E-state index in [1.165, 1.54) is 0 Å². The van der Waals surface area contributed by atoms with E-state index in [9.17, 15) is 4.79 Å². The van der Waals surface area contributed by atoms with Crippen molar-refractivity contribution < 1.29 is 13.9 Å². The van der Waals surface area contributed by atoms with Crippen molar-refractivity contribution in [1.29, 1.82) is 0 Å². The number of oxazole rings is 1. The molecule has 4 heterocycles. The second-order valence-electron chi connectivity index (χ2n) is 4.97. The first kappa shape index (κ1) is 11.2. The van der Waals surface area contributed by atoms with Gasteiger partial charge in [-0.3, -0.25) is 4.40 Å². The summed E-state index contributed by atoms with van der Waals surface area (Å²) in [6.45, 7) is 0.312. The van der Waals surface area contributed by atoms with Crippen LogP contribution in [0.4, 0.5) is 0 Å². The molecule has 4 aromatic rings. The lowest BCUT2D eigenvalue weighted by Gasteiger charge is -2.01. The highest BCUT2D eigenvalue weighted by Crippen LogP contribution is 2.41. The Morgan fingerprint density at radius 1 is 1.14 bits per heavy atom. The first-order valence-corrected chi connectivity index (χ1v) is 7.48. The molecule has 0 amide bonds. The van der Waals surface area contributed by atoms with Gasteiger partial charge in [0, 0.05) is 5.56 Å². The molecule has 0 bridgehead atoms. The summed E-state index contributed by atoms with van der Waals surface area (Å²) in [5.74, 6) is -0.302. The molecule has 4 nitrogen and oxygen atoms in total. The highest BCUT2D eigenvalue weighted by molar-refractivity contribution is 7.13. The monoisotopic (exact) mass is 295 g/mol. The molecule has 0 saturated carbocycles. The average molecular weight is 295 g/mol. The van der Waals surface area contributed by atoms with Crippen LogP contribution in [0.1, 0.15) is 15.9 Å². The van der Waals surface area contributed by atoms with Crippen LogP contribution in [0.3, 0.4) is 0 Å². The Kier molecular flexibility index (Phi) is 2.00. The molecule has 1 aromatic carbocycles. The summed E-state index contributed by atoms with van der Waals surface area (Å²) in [7, 11) is 0. The van der Waals surface area contributed by atoms with Gasteiger partial charge in [0.15, 0.2) is 5.58 Å². The maximum atomic E-state index is 12.0. The van der Waals surface area contributed by atoms with Crippen LogP contribution in [0, 0.1) is 0 Å². The van der Waals surface area contributed by atoms with Gasteiger partial charge in [-0.25, -0.2) is 4.79 Å². The molecule has 102 valence electrons. The van der Waals surface area contributed by atoms with Crippen LogP contribution in [0.15, 0.2) is 46.2 Å². The van der Waals surface area contributed by atoms with E-state index in [0.29, 0.717) is 17.9 Å². The summed E-state index contributed by atoms with van der Waals surface area (Å²) in [6, 6.07) is 11.9. The minimum absolute atomic E-state index is 0.302. The predicted molar refractivity (Wildman–Crippen MR) is 79.6 cm³/mol. The quantitative estimate of drug-likeness (QED) is 0.497. The number of thiophene rings is 1. The highest BCUT2D eigenvalue weighted by atomic mass is 32.1. The largest absolute Gasteiger partial charge is 0.457 e. The Bertz CT molecular complexity index is 1010. The van der Waals surface area contributed by atoms with Gasteiger partial charge in [0.1, 0.15) is 12.2 Å². The van der Waals surface area contributed by atoms with Crippen molar-refractivity contribution in [3.8, 4) is 10.6 Å². The Morgan fingerprint density at radius 3 is 2.90 bits per heavy atom. The number of carbonyl (C=O) groups is 1. The lowest BCUT2D eigenvalue weighted by molar-refractivity contribution is 0.0534. The number of ether oxygens (including phenoxy) is 1. The standard InChI is InChI=1S/C16H9NO3S/c18-16-13-9(8-19-16)14(12-6-3-7-21-12)17-10-4-1-2-5-11(10)20-15(13)17/h1-7H,8H2. The van der Waals surface area contributed by atoms with Crippen molar-refractivity contribution in [1.82, 2.24) is 4.40 Å². The minimum atomic E-state index is -0.302. The predicted octanol–water partition coefficient (Wildman–Crippen LogP) is 4.08. The summed E-state index contributed by atoms with van der Waals surface area (Å²) >= 11 is 1.65. The van der Waals surface area contributed by atoms with Crippen LogP contribution in [0.2, 0.25) is 0 Å². The van der Waals surface area contributed by atoms with Gasteiger partial charge in [0.2, 0.25) is 5.71 Å². The molecule has 0 N–H and O–H groups in total. The van der Waals surface area contributed by atoms with Gasteiger partial charge in [-0.15, -0.1) is 11.3 Å². The molecule has 0 atom stereocenters. The van der Waals surface area contributed by atoms with Gasteiger partial charge in [0.25, 0.3) is 0 Å². The summed E-state index contributed by atoms with van der Waals surface area (Å²) in [4.78, 5) is 13.2. The number of carbonyl (C=O) groups excluding carboxylic acids is 1. The second-order valence-corrected chi connectivity index (χ2v) is 5.91. The van der Waals surface area contributed by atoms with Gasteiger partial charge in [0.05, 0.1) is 16.1 Å². The Labute approximate surface area is 123 Å². The van der Waals surface area contributed by atoms with Gasteiger partial charge in [-0.2, -0.15) is 0 Å². The molecule has 5 heteroatoms.